The van der Waals surface area contributed by atoms with Crippen LogP contribution in [0.4, 0.5) is 4.39 Å². The van der Waals surface area contributed by atoms with Crippen LogP contribution >= 0.6 is 0 Å². The van der Waals surface area contributed by atoms with Gasteiger partial charge in [0.25, 0.3) is 0 Å². The fourth-order valence-corrected chi connectivity index (χ4v) is 2.14. The molecule has 0 amide bonds. The van der Waals surface area contributed by atoms with E-state index in [1.54, 1.807) is 12.1 Å². The molecule has 0 aliphatic carbocycles. The Hall–Kier alpha value is -1.83. The van der Waals surface area contributed by atoms with Gasteiger partial charge >= 0.3 is 0 Å². The molecule has 0 aromatic heterocycles. The van der Waals surface area contributed by atoms with Crippen molar-refractivity contribution >= 4 is 0 Å². The standard InChI is InChI=1S/C18H21FO/c1-2-3-4-7-14-20-16-12-10-15(11-13-16)17-8-5-6-9-18(17)19/h5-6,8-13H,2-4,7,14H2,1H3. The van der Waals surface area contributed by atoms with Gasteiger partial charge in [-0.3, -0.25) is 0 Å². The molecule has 106 valence electrons. The van der Waals surface area contributed by atoms with Crippen molar-refractivity contribution in [2.75, 3.05) is 6.61 Å². The number of rotatable bonds is 7. The number of unbranched alkanes of at least 4 members (excludes halogenated alkanes) is 3. The van der Waals surface area contributed by atoms with Gasteiger partial charge in [0.1, 0.15) is 11.6 Å². The minimum Gasteiger partial charge on any atom is -0.494 e. The van der Waals surface area contributed by atoms with Crippen molar-refractivity contribution in [3.63, 3.8) is 0 Å². The van der Waals surface area contributed by atoms with Crippen LogP contribution in [0.5, 0.6) is 5.75 Å². The van der Waals surface area contributed by atoms with Gasteiger partial charge in [-0.1, -0.05) is 56.5 Å². The van der Waals surface area contributed by atoms with Crippen molar-refractivity contribution in [2.45, 2.75) is 32.6 Å². The van der Waals surface area contributed by atoms with Crippen molar-refractivity contribution in [3.05, 3.63) is 54.3 Å². The first-order chi connectivity index (χ1) is 9.81. The number of halogens is 1. The monoisotopic (exact) mass is 272 g/mol. The van der Waals surface area contributed by atoms with Crippen LogP contribution in [-0.4, -0.2) is 6.61 Å². The highest BCUT2D eigenvalue weighted by Gasteiger charge is 2.03. The molecular formula is C18H21FO. The van der Waals surface area contributed by atoms with E-state index in [0.29, 0.717) is 5.56 Å². The second-order valence-corrected chi connectivity index (χ2v) is 4.91. The molecule has 0 unspecified atom stereocenters. The molecule has 2 heteroatoms. The van der Waals surface area contributed by atoms with Crippen molar-refractivity contribution in [2.24, 2.45) is 0 Å². The summed E-state index contributed by atoms with van der Waals surface area (Å²) in [5.41, 5.74) is 1.50. The van der Waals surface area contributed by atoms with Gasteiger partial charge in [-0.2, -0.15) is 0 Å². The Kier molecular flexibility index (Phi) is 5.60. The van der Waals surface area contributed by atoms with E-state index in [0.717, 1.165) is 24.3 Å². The van der Waals surface area contributed by atoms with Crippen LogP contribution in [0.25, 0.3) is 11.1 Å². The average molecular weight is 272 g/mol. The maximum Gasteiger partial charge on any atom is 0.131 e. The van der Waals surface area contributed by atoms with Crippen molar-refractivity contribution in [3.8, 4) is 16.9 Å². The third-order valence-corrected chi connectivity index (χ3v) is 3.31. The molecule has 1 nitrogen and oxygen atoms in total. The minimum absolute atomic E-state index is 0.194. The van der Waals surface area contributed by atoms with Crippen LogP contribution in [0.3, 0.4) is 0 Å². The Morgan fingerprint density at radius 1 is 0.900 bits per heavy atom. The van der Waals surface area contributed by atoms with Crippen LogP contribution < -0.4 is 4.74 Å². The van der Waals surface area contributed by atoms with E-state index in [1.807, 2.05) is 30.3 Å². The lowest BCUT2D eigenvalue weighted by molar-refractivity contribution is 0.305. The van der Waals surface area contributed by atoms with Crippen molar-refractivity contribution in [1.29, 1.82) is 0 Å². The zero-order valence-corrected chi connectivity index (χ0v) is 11.9. The first kappa shape index (κ1) is 14.6. The molecular weight excluding hydrogens is 251 g/mol. The maximum absolute atomic E-state index is 13.7. The minimum atomic E-state index is -0.194. The quantitative estimate of drug-likeness (QED) is 0.609. The topological polar surface area (TPSA) is 9.23 Å². The highest BCUT2D eigenvalue weighted by atomic mass is 19.1. The largest absolute Gasteiger partial charge is 0.494 e. The number of hydrogen-bond acceptors (Lipinski definition) is 1. The summed E-state index contributed by atoms with van der Waals surface area (Å²) >= 11 is 0. The molecule has 20 heavy (non-hydrogen) atoms. The molecule has 0 heterocycles. The second kappa shape index (κ2) is 7.68. The van der Waals surface area contributed by atoms with Gasteiger partial charge in [-0.05, 0) is 30.2 Å². The summed E-state index contributed by atoms with van der Waals surface area (Å²) in [6, 6.07) is 14.4. The second-order valence-electron chi connectivity index (χ2n) is 4.91. The Bertz CT molecular complexity index is 519. The molecule has 0 bridgehead atoms. The van der Waals surface area contributed by atoms with Crippen molar-refractivity contribution < 1.29 is 9.13 Å². The fraction of sp³-hybridized carbons (Fsp3) is 0.333. The van der Waals surface area contributed by atoms with Gasteiger partial charge in [-0.25, -0.2) is 4.39 Å². The SMILES string of the molecule is CCCCCCOc1ccc(-c2ccccc2F)cc1. The molecule has 2 rings (SSSR count). The lowest BCUT2D eigenvalue weighted by Crippen LogP contribution is -1.97. The summed E-state index contributed by atoms with van der Waals surface area (Å²) in [4.78, 5) is 0. The summed E-state index contributed by atoms with van der Waals surface area (Å²) in [6.45, 7) is 2.95. The van der Waals surface area contributed by atoms with Gasteiger partial charge in [-0.15, -0.1) is 0 Å². The maximum atomic E-state index is 13.7. The summed E-state index contributed by atoms with van der Waals surface area (Å²) in [5.74, 6) is 0.655. The van der Waals surface area contributed by atoms with Crippen LogP contribution in [0.15, 0.2) is 48.5 Å². The molecule has 0 aliphatic rings. The predicted molar refractivity (Wildman–Crippen MR) is 81.5 cm³/mol. The Balaban J connectivity index is 1.92. The zero-order chi connectivity index (χ0) is 14.2. The molecule has 2 aromatic carbocycles. The smallest absolute Gasteiger partial charge is 0.131 e. The number of benzene rings is 2. The molecule has 0 fully saturated rings. The zero-order valence-electron chi connectivity index (χ0n) is 11.9. The van der Waals surface area contributed by atoms with E-state index in [1.165, 1.54) is 25.3 Å². The van der Waals surface area contributed by atoms with E-state index in [-0.39, 0.29) is 5.82 Å². The summed E-state index contributed by atoms with van der Waals surface area (Å²) in [6.07, 6.45) is 4.79. The third kappa shape index (κ3) is 4.09. The van der Waals surface area contributed by atoms with Gasteiger partial charge in [0.05, 0.1) is 6.61 Å². The first-order valence-electron chi connectivity index (χ1n) is 7.29. The van der Waals surface area contributed by atoms with Gasteiger partial charge < -0.3 is 4.74 Å². The van der Waals surface area contributed by atoms with Crippen LogP contribution in [0, 0.1) is 5.82 Å². The molecule has 0 saturated heterocycles. The van der Waals surface area contributed by atoms with E-state index in [9.17, 15) is 4.39 Å². The Morgan fingerprint density at radius 3 is 2.35 bits per heavy atom. The summed E-state index contributed by atoms with van der Waals surface area (Å²) in [7, 11) is 0. The van der Waals surface area contributed by atoms with E-state index in [4.69, 9.17) is 4.74 Å². The van der Waals surface area contributed by atoms with E-state index >= 15 is 0 Å². The molecule has 0 aliphatic heterocycles. The molecule has 0 saturated carbocycles. The number of hydrogen-bond donors (Lipinski definition) is 0. The normalized spacial score (nSPS) is 10.5. The van der Waals surface area contributed by atoms with Crippen LogP contribution in [0.1, 0.15) is 32.6 Å². The molecule has 0 radical (unpaired) electrons. The Morgan fingerprint density at radius 2 is 1.65 bits per heavy atom. The first-order valence-corrected chi connectivity index (χ1v) is 7.29. The summed E-state index contributed by atoms with van der Waals surface area (Å²) < 4.78 is 19.3. The van der Waals surface area contributed by atoms with Crippen molar-refractivity contribution in [1.82, 2.24) is 0 Å². The van der Waals surface area contributed by atoms with Crippen LogP contribution in [-0.2, 0) is 0 Å². The fourth-order valence-electron chi connectivity index (χ4n) is 2.14. The van der Waals surface area contributed by atoms with Crippen LogP contribution in [0.2, 0.25) is 0 Å². The highest BCUT2D eigenvalue weighted by molar-refractivity contribution is 5.64. The highest BCUT2D eigenvalue weighted by Crippen LogP contribution is 2.24. The molecule has 0 spiro atoms. The molecule has 0 N–H and O–H groups in total. The van der Waals surface area contributed by atoms with E-state index in [2.05, 4.69) is 6.92 Å². The van der Waals surface area contributed by atoms with Gasteiger partial charge in [0.2, 0.25) is 0 Å². The van der Waals surface area contributed by atoms with E-state index < -0.39 is 0 Å². The van der Waals surface area contributed by atoms with Gasteiger partial charge in [0.15, 0.2) is 0 Å². The summed E-state index contributed by atoms with van der Waals surface area (Å²) in [5, 5.41) is 0. The third-order valence-electron chi connectivity index (χ3n) is 3.31. The predicted octanol–water partition coefficient (Wildman–Crippen LogP) is 5.45. The number of ether oxygens (including phenoxy) is 1. The molecule has 2 aromatic rings. The van der Waals surface area contributed by atoms with Gasteiger partial charge in [0, 0.05) is 5.56 Å². The average Bonchev–Trinajstić information content (AvgIpc) is 2.48. The lowest BCUT2D eigenvalue weighted by atomic mass is 10.1. The molecule has 0 atom stereocenters. The lowest BCUT2D eigenvalue weighted by Gasteiger charge is -2.08. The Labute approximate surface area is 120 Å².